The molecule has 0 radical (unpaired) electrons. The molecule has 0 unspecified atom stereocenters. The lowest BCUT2D eigenvalue weighted by molar-refractivity contribution is 0.0757. The molecule has 96 heavy (non-hydrogen) atoms. The SMILES string of the molecule is CCCC[Si](C)(C)O[Si](C)(C)O[Si](C)(C)O[Si](C)(C)O[Si](C)(C)O[Si](C)(C)O[Si](C)(C)O[Si](C)(C)O[Si](C)(C)O[Si](C)(C)O[Si](C)(C)O[Si](C)(C)O[Si](C)(C)CCCOCCOc1ccc2c(c1)C1(CCCCCCC1)c1cc(O)c3cc4c(cc3c1-2)OC(C(C)C)(C(C)C)S4. The van der Waals surface area contributed by atoms with Gasteiger partial charge in [-0.3, -0.25) is 0 Å². The maximum Gasteiger partial charge on any atom is 0.314 e. The molecule has 2 aliphatic carbocycles. The van der Waals surface area contributed by atoms with Crippen LogP contribution in [0.5, 0.6) is 17.2 Å². The lowest BCUT2D eigenvalue weighted by Crippen LogP contribution is -2.63. The van der Waals surface area contributed by atoms with Crippen molar-refractivity contribution >= 4 is 133 Å². The van der Waals surface area contributed by atoms with Crippen molar-refractivity contribution in [2.24, 2.45) is 11.8 Å². The Labute approximate surface area is 601 Å². The summed E-state index contributed by atoms with van der Waals surface area (Å²) in [7, 11) is -34.1. The van der Waals surface area contributed by atoms with Crippen molar-refractivity contribution in [3.63, 3.8) is 0 Å². The van der Waals surface area contributed by atoms with Gasteiger partial charge in [-0.1, -0.05) is 97.4 Å². The average molecular weight is 1580 g/mol. The number of unbranched alkanes of at least 4 members (excludes halogenated alkanes) is 1. The Morgan fingerprint density at radius 3 is 1.22 bits per heavy atom. The van der Waals surface area contributed by atoms with Crippen molar-refractivity contribution in [2.75, 3.05) is 19.8 Å². The first kappa shape index (κ1) is 84.9. The van der Waals surface area contributed by atoms with E-state index in [2.05, 4.69) is 241 Å². The summed E-state index contributed by atoms with van der Waals surface area (Å²) < 4.78 is 103. The number of rotatable bonds is 37. The molecule has 1 saturated carbocycles. The predicted molar refractivity (Wildman–Crippen MR) is 429 cm³/mol. The van der Waals surface area contributed by atoms with Crippen LogP contribution in [0.2, 0.25) is 182 Å². The fraction of sp³-hybridized carbons (Fsp3) is 0.758. The largest absolute Gasteiger partial charge is 0.507 e. The van der Waals surface area contributed by atoms with E-state index in [-0.39, 0.29) is 10.3 Å². The normalized spacial score (nSPS) is 17.3. The average Bonchev–Trinajstić information content (AvgIpc) is 1.54. The fourth-order valence-corrected chi connectivity index (χ4v) is 84.6. The summed E-state index contributed by atoms with van der Waals surface area (Å²) in [5, 5.41) is 13.9. The Hall–Kier alpha value is -0.0305. The molecule has 0 aromatic heterocycles. The highest BCUT2D eigenvalue weighted by molar-refractivity contribution is 8.01. The highest BCUT2D eigenvalue weighted by atomic mass is 32.2. The molecular weight excluding hydrogens is 1450 g/mol. The molecule has 1 fully saturated rings. The van der Waals surface area contributed by atoms with Crippen LogP contribution in [0, 0.1) is 11.8 Å². The summed E-state index contributed by atoms with van der Waals surface area (Å²) in [6.07, 6.45) is 11.4. The quantitative estimate of drug-likeness (QED) is 0.0429. The Kier molecular flexibility index (Phi) is 27.9. The Balaban J connectivity index is 0.965. The third kappa shape index (κ3) is 24.3. The minimum absolute atomic E-state index is 0.192. The van der Waals surface area contributed by atoms with Gasteiger partial charge >= 0.3 is 94.2 Å². The van der Waals surface area contributed by atoms with Crippen LogP contribution in [0.15, 0.2) is 41.3 Å². The van der Waals surface area contributed by atoms with Crippen molar-refractivity contribution in [2.45, 2.75) is 296 Å². The number of thioether (sulfide) groups is 1. The van der Waals surface area contributed by atoms with E-state index in [0.717, 1.165) is 77.8 Å². The van der Waals surface area contributed by atoms with Gasteiger partial charge in [0.05, 0.1) is 11.5 Å². The summed E-state index contributed by atoms with van der Waals surface area (Å²) in [6, 6.07) is 15.3. The van der Waals surface area contributed by atoms with Crippen molar-refractivity contribution < 1.29 is 68.7 Å². The second-order valence-electron chi connectivity index (χ2n) is 34.3. The van der Waals surface area contributed by atoms with Gasteiger partial charge in [0, 0.05) is 29.2 Å². The zero-order valence-corrected chi connectivity index (χ0v) is 79.5. The minimum atomic E-state index is -2.83. The lowest BCUT2D eigenvalue weighted by atomic mass is 9.69. The molecule has 0 amide bonds. The molecule has 16 nitrogen and oxygen atoms in total. The maximum atomic E-state index is 11.9. The summed E-state index contributed by atoms with van der Waals surface area (Å²) in [4.78, 5) is 0.755. The first-order chi connectivity index (χ1) is 43.5. The molecule has 1 aliphatic heterocycles. The molecule has 0 bridgehead atoms. The monoisotopic (exact) mass is 1580 g/mol. The molecule has 3 aromatic rings. The minimum Gasteiger partial charge on any atom is -0.507 e. The van der Waals surface area contributed by atoms with Crippen molar-refractivity contribution in [3.05, 3.63) is 47.5 Å². The van der Waals surface area contributed by atoms with Crippen molar-refractivity contribution in [1.82, 2.24) is 0 Å². The van der Waals surface area contributed by atoms with Gasteiger partial charge in [-0.25, -0.2) is 0 Å². The molecule has 3 aliphatic rings. The van der Waals surface area contributed by atoms with E-state index in [1.165, 1.54) is 47.9 Å². The molecule has 0 atom stereocenters. The van der Waals surface area contributed by atoms with Gasteiger partial charge in [-0.05, 0) is 260 Å². The molecule has 0 saturated heterocycles. The van der Waals surface area contributed by atoms with Crippen molar-refractivity contribution in [3.8, 4) is 28.4 Å². The van der Waals surface area contributed by atoms with Crippen LogP contribution in [0.25, 0.3) is 21.9 Å². The van der Waals surface area contributed by atoms with Crippen LogP contribution < -0.4 is 9.47 Å². The van der Waals surface area contributed by atoms with E-state index >= 15 is 0 Å². The lowest BCUT2D eigenvalue weighted by Gasteiger charge is -2.45. The van der Waals surface area contributed by atoms with Crippen LogP contribution in [-0.2, 0) is 59.5 Å². The van der Waals surface area contributed by atoms with Crippen LogP contribution in [-0.4, -0.2) is 141 Å². The summed E-state index contributed by atoms with van der Waals surface area (Å²) in [5.74, 6) is 2.77. The molecule has 1 N–H and O–H groups in total. The van der Waals surface area contributed by atoms with Gasteiger partial charge in [-0.15, -0.1) is 0 Å². The van der Waals surface area contributed by atoms with Gasteiger partial charge in [-0.2, -0.15) is 0 Å². The third-order valence-corrected chi connectivity index (χ3v) is 70.2. The van der Waals surface area contributed by atoms with Gasteiger partial charge in [0.25, 0.3) is 0 Å². The third-order valence-electron chi connectivity index (χ3n) is 17.5. The molecule has 3 aromatic carbocycles. The summed E-state index contributed by atoms with van der Waals surface area (Å²) in [6.45, 7) is 68.2. The zero-order valence-electron chi connectivity index (χ0n) is 65.7. The summed E-state index contributed by atoms with van der Waals surface area (Å²) >= 11 is 1.81. The van der Waals surface area contributed by atoms with E-state index in [1.807, 2.05) is 11.8 Å². The number of hydrogen-bond acceptors (Lipinski definition) is 17. The second kappa shape index (κ2) is 31.6. The molecule has 1 heterocycles. The molecule has 6 rings (SSSR count). The number of ether oxygens (including phenoxy) is 3. The van der Waals surface area contributed by atoms with Crippen molar-refractivity contribution in [1.29, 1.82) is 0 Å². The first-order valence-electron chi connectivity index (χ1n) is 36.0. The first-order valence-corrected chi connectivity index (χ1v) is 74.0. The number of aromatic hydroxyl groups is 1. The van der Waals surface area contributed by atoms with E-state index in [4.69, 9.17) is 63.6 Å². The van der Waals surface area contributed by atoms with Crippen LogP contribution in [0.3, 0.4) is 0 Å². The van der Waals surface area contributed by atoms with Gasteiger partial charge in [0.2, 0.25) is 0 Å². The van der Waals surface area contributed by atoms with Crippen LogP contribution in [0.4, 0.5) is 0 Å². The maximum absolute atomic E-state index is 11.9. The zero-order chi connectivity index (χ0) is 72.6. The van der Waals surface area contributed by atoms with Crippen LogP contribution in [0.1, 0.15) is 110 Å². The van der Waals surface area contributed by atoms with Gasteiger partial charge in [0.15, 0.2) is 21.6 Å². The van der Waals surface area contributed by atoms with E-state index in [1.54, 1.807) is 0 Å². The van der Waals surface area contributed by atoms with E-state index in [9.17, 15) is 5.11 Å². The standard InChI is InChI=1S/C66H132O16SSi13/c1-32-33-47-84(6,7)71-86(10,11)73-88(14,15)75-90(18,19)77-92(22,23)79-94(26,27)81-96(30,31)82-95(28,29)80-93(24,25)78-91(20,21)76-89(16,17)74-87(12,13)72-85(8,9)48-39-44-68-45-46-69-55-40-41-56-59(49-55)65(42-37-35-34-36-38-43-65)60-52-61(67)57-51-63-62(50-58(57)64(56)60)70-66(83-63,53(2)3)54(4)5/h40-41,49-54,67H,32-39,42-48H2,1-31H3. The van der Waals surface area contributed by atoms with E-state index < -0.39 is 111 Å². The number of hydrogen-bond donors (Lipinski definition) is 1. The van der Waals surface area contributed by atoms with Gasteiger partial charge in [0.1, 0.15) is 23.9 Å². The smallest absolute Gasteiger partial charge is 0.314 e. The highest BCUT2D eigenvalue weighted by Gasteiger charge is 2.54. The van der Waals surface area contributed by atoms with Gasteiger partial charge < -0.3 is 68.7 Å². The topological polar surface area (TPSA) is 159 Å². The molecule has 550 valence electrons. The molecule has 30 heteroatoms. The second-order valence-corrected chi connectivity index (χ2v) is 84.2. The Bertz CT molecular complexity index is 3090. The van der Waals surface area contributed by atoms with E-state index in [0.29, 0.717) is 37.4 Å². The Morgan fingerprint density at radius 2 is 0.823 bits per heavy atom. The fourth-order valence-electron chi connectivity index (χ4n) is 16.3. The number of phenolic OH excluding ortho intramolecular Hbond substituents is 1. The molecule has 1 spiro atoms. The highest BCUT2D eigenvalue weighted by Crippen LogP contribution is 2.61. The molecular formula is C66H132O16SSi13. The summed E-state index contributed by atoms with van der Waals surface area (Å²) in [5.41, 5.74) is 4.88. The van der Waals surface area contributed by atoms with Crippen LogP contribution >= 0.6 is 11.8 Å². The predicted octanol–water partition coefficient (Wildman–Crippen LogP) is 21.0. The Morgan fingerprint density at radius 1 is 0.438 bits per heavy atom. The number of phenols is 1. The number of fused-ring (bicyclic) bond motifs is 8. The number of benzene rings is 3.